The van der Waals surface area contributed by atoms with E-state index in [2.05, 4.69) is 0 Å². The van der Waals surface area contributed by atoms with E-state index in [9.17, 15) is 4.79 Å². The van der Waals surface area contributed by atoms with Gasteiger partial charge in [0.15, 0.2) is 0 Å². The number of carbonyl (C=O) groups excluding carboxylic acids is 1. The zero-order chi connectivity index (χ0) is 11.7. The second kappa shape index (κ2) is 3.85. The number of benzene rings is 2. The highest BCUT2D eigenvalue weighted by molar-refractivity contribution is 6.08. The second-order valence-electron chi connectivity index (χ2n) is 3.94. The van der Waals surface area contributed by atoms with Crippen LogP contribution in [0.4, 0.5) is 5.69 Å². The van der Waals surface area contributed by atoms with Gasteiger partial charge < -0.3 is 10.6 Å². The smallest absolute Gasteiger partial charge is 0.250 e. The van der Waals surface area contributed by atoms with E-state index in [1.807, 2.05) is 49.3 Å². The molecule has 0 atom stereocenters. The van der Waals surface area contributed by atoms with Crippen molar-refractivity contribution in [1.82, 2.24) is 0 Å². The molecule has 0 saturated carbocycles. The molecule has 0 saturated heterocycles. The van der Waals surface area contributed by atoms with Gasteiger partial charge in [-0.05, 0) is 11.5 Å². The van der Waals surface area contributed by atoms with Crippen molar-refractivity contribution in [1.29, 1.82) is 0 Å². The summed E-state index contributed by atoms with van der Waals surface area (Å²) in [5, 5.41) is 2.15. The largest absolute Gasteiger partial charge is 0.377 e. The van der Waals surface area contributed by atoms with Crippen molar-refractivity contribution in [2.24, 2.45) is 5.73 Å². The maximum Gasteiger partial charge on any atom is 0.250 e. The lowest BCUT2D eigenvalue weighted by Crippen LogP contribution is -2.18. The van der Waals surface area contributed by atoms with Crippen molar-refractivity contribution in [2.45, 2.75) is 0 Å². The molecule has 0 bridgehead atoms. The van der Waals surface area contributed by atoms with Gasteiger partial charge in [-0.2, -0.15) is 0 Å². The maximum absolute atomic E-state index is 11.4. The van der Waals surface area contributed by atoms with Gasteiger partial charge in [-0.15, -0.1) is 0 Å². The van der Waals surface area contributed by atoms with Gasteiger partial charge in [0.2, 0.25) is 0 Å². The average molecular weight is 214 g/mol. The lowest BCUT2D eigenvalue weighted by molar-refractivity contribution is 0.100. The van der Waals surface area contributed by atoms with Gasteiger partial charge >= 0.3 is 0 Å². The molecule has 0 aromatic heterocycles. The van der Waals surface area contributed by atoms with E-state index in [4.69, 9.17) is 5.73 Å². The van der Waals surface area contributed by atoms with E-state index in [-0.39, 0.29) is 0 Å². The first-order valence-corrected chi connectivity index (χ1v) is 5.10. The third-order valence-corrected chi connectivity index (χ3v) is 2.61. The summed E-state index contributed by atoms with van der Waals surface area (Å²) in [7, 11) is 3.82. The number of rotatable bonds is 2. The Labute approximate surface area is 94.5 Å². The van der Waals surface area contributed by atoms with Crippen LogP contribution < -0.4 is 10.6 Å². The lowest BCUT2D eigenvalue weighted by atomic mass is 10.0. The first-order chi connectivity index (χ1) is 7.61. The van der Waals surface area contributed by atoms with Crippen LogP contribution in [-0.2, 0) is 0 Å². The Balaban J connectivity index is 2.84. The van der Waals surface area contributed by atoms with E-state index >= 15 is 0 Å². The van der Waals surface area contributed by atoms with Crippen molar-refractivity contribution >= 4 is 22.4 Å². The number of nitrogens with zero attached hydrogens (tertiary/aromatic N) is 1. The van der Waals surface area contributed by atoms with Gasteiger partial charge in [-0.1, -0.05) is 30.3 Å². The molecule has 0 radical (unpaired) electrons. The van der Waals surface area contributed by atoms with E-state index in [0.29, 0.717) is 5.56 Å². The summed E-state index contributed by atoms with van der Waals surface area (Å²) < 4.78 is 0. The molecular weight excluding hydrogens is 200 g/mol. The number of hydrogen-bond acceptors (Lipinski definition) is 2. The van der Waals surface area contributed by atoms with Crippen LogP contribution in [0.1, 0.15) is 10.4 Å². The summed E-state index contributed by atoms with van der Waals surface area (Å²) in [4.78, 5) is 13.3. The van der Waals surface area contributed by atoms with E-state index in [0.717, 1.165) is 16.5 Å². The third-order valence-electron chi connectivity index (χ3n) is 2.61. The number of hydrogen-bond donors (Lipinski definition) is 1. The highest BCUT2D eigenvalue weighted by Gasteiger charge is 2.12. The van der Waals surface area contributed by atoms with Crippen LogP contribution in [0.3, 0.4) is 0 Å². The molecule has 0 spiro atoms. The third kappa shape index (κ3) is 1.60. The van der Waals surface area contributed by atoms with Gasteiger partial charge in [0.1, 0.15) is 0 Å². The molecule has 0 fully saturated rings. The van der Waals surface area contributed by atoms with Crippen LogP contribution in [0, 0.1) is 0 Å². The van der Waals surface area contributed by atoms with Crippen LogP contribution in [0.15, 0.2) is 36.4 Å². The summed E-state index contributed by atoms with van der Waals surface area (Å²) in [5.41, 5.74) is 6.82. The molecular formula is C13H14N2O. The summed E-state index contributed by atoms with van der Waals surface area (Å²) in [6.45, 7) is 0. The zero-order valence-electron chi connectivity index (χ0n) is 9.40. The Bertz CT molecular complexity index is 547. The van der Waals surface area contributed by atoms with Gasteiger partial charge in [-0.25, -0.2) is 0 Å². The van der Waals surface area contributed by atoms with E-state index < -0.39 is 5.91 Å². The number of primary amides is 1. The van der Waals surface area contributed by atoms with Crippen molar-refractivity contribution in [3.8, 4) is 0 Å². The summed E-state index contributed by atoms with van der Waals surface area (Å²) in [6.07, 6.45) is 0. The predicted octanol–water partition coefficient (Wildman–Crippen LogP) is 2.00. The Morgan fingerprint density at radius 2 is 1.81 bits per heavy atom. The Morgan fingerprint density at radius 1 is 1.12 bits per heavy atom. The van der Waals surface area contributed by atoms with Crippen LogP contribution in [0.2, 0.25) is 0 Å². The van der Waals surface area contributed by atoms with Crippen LogP contribution in [0.5, 0.6) is 0 Å². The molecule has 0 unspecified atom stereocenters. The number of fused-ring (bicyclic) bond motifs is 1. The Hall–Kier alpha value is -2.03. The van der Waals surface area contributed by atoms with Crippen LogP contribution in [0.25, 0.3) is 10.8 Å². The highest BCUT2D eigenvalue weighted by Crippen LogP contribution is 2.29. The fourth-order valence-corrected chi connectivity index (χ4v) is 1.94. The monoisotopic (exact) mass is 214 g/mol. The summed E-state index contributed by atoms with van der Waals surface area (Å²) in [6, 6.07) is 11.7. The minimum atomic E-state index is -0.394. The van der Waals surface area contributed by atoms with Crippen LogP contribution in [-0.4, -0.2) is 20.0 Å². The van der Waals surface area contributed by atoms with Gasteiger partial charge in [0, 0.05) is 19.5 Å². The molecule has 2 rings (SSSR count). The second-order valence-corrected chi connectivity index (χ2v) is 3.94. The SMILES string of the molecule is CN(C)c1c(C(N)=O)ccc2ccccc12. The zero-order valence-corrected chi connectivity index (χ0v) is 9.40. The summed E-state index contributed by atoms with van der Waals surface area (Å²) >= 11 is 0. The minimum Gasteiger partial charge on any atom is -0.377 e. The molecule has 82 valence electrons. The Kier molecular flexibility index (Phi) is 2.52. The van der Waals surface area contributed by atoms with Crippen LogP contribution >= 0.6 is 0 Å². The number of amides is 1. The topological polar surface area (TPSA) is 46.3 Å². The fourth-order valence-electron chi connectivity index (χ4n) is 1.94. The predicted molar refractivity (Wildman–Crippen MR) is 66.8 cm³/mol. The molecule has 0 aliphatic rings. The Morgan fingerprint density at radius 3 is 2.44 bits per heavy atom. The molecule has 0 heterocycles. The molecule has 2 aromatic carbocycles. The average Bonchev–Trinajstić information content (AvgIpc) is 2.27. The molecule has 0 aliphatic carbocycles. The fraction of sp³-hybridized carbons (Fsp3) is 0.154. The van der Waals surface area contributed by atoms with Crippen molar-refractivity contribution in [3.05, 3.63) is 42.0 Å². The molecule has 2 aromatic rings. The number of carbonyl (C=O) groups is 1. The van der Waals surface area contributed by atoms with E-state index in [1.54, 1.807) is 6.07 Å². The van der Waals surface area contributed by atoms with Gasteiger partial charge in [-0.3, -0.25) is 4.79 Å². The first kappa shape index (κ1) is 10.5. The van der Waals surface area contributed by atoms with Gasteiger partial charge in [0.25, 0.3) is 5.91 Å². The molecule has 2 N–H and O–H groups in total. The maximum atomic E-state index is 11.4. The summed E-state index contributed by atoms with van der Waals surface area (Å²) in [5.74, 6) is -0.394. The number of nitrogens with two attached hydrogens (primary N) is 1. The highest BCUT2D eigenvalue weighted by atomic mass is 16.1. The molecule has 3 heteroatoms. The molecule has 16 heavy (non-hydrogen) atoms. The standard InChI is InChI=1S/C13H14N2O/c1-15(2)12-10-6-4-3-5-9(10)7-8-11(12)13(14)16/h3-8H,1-2H3,(H2,14,16). The van der Waals surface area contributed by atoms with Crippen molar-refractivity contribution in [3.63, 3.8) is 0 Å². The van der Waals surface area contributed by atoms with Crippen molar-refractivity contribution in [2.75, 3.05) is 19.0 Å². The lowest BCUT2D eigenvalue weighted by Gasteiger charge is -2.18. The minimum absolute atomic E-state index is 0.394. The van der Waals surface area contributed by atoms with Crippen molar-refractivity contribution < 1.29 is 4.79 Å². The number of anilines is 1. The molecule has 0 aliphatic heterocycles. The van der Waals surface area contributed by atoms with Gasteiger partial charge in [0.05, 0.1) is 11.3 Å². The molecule has 3 nitrogen and oxygen atoms in total. The normalized spacial score (nSPS) is 10.4. The first-order valence-electron chi connectivity index (χ1n) is 5.10. The quantitative estimate of drug-likeness (QED) is 0.831. The van der Waals surface area contributed by atoms with E-state index in [1.165, 1.54) is 0 Å². The molecule has 1 amide bonds.